The van der Waals surface area contributed by atoms with Crippen molar-refractivity contribution in [2.45, 2.75) is 25.7 Å². The highest BCUT2D eigenvalue weighted by Crippen LogP contribution is 2.32. The molecule has 0 saturated carbocycles. The third kappa shape index (κ3) is 12.6. The minimum Gasteiger partial charge on any atom is -0.397 e. The van der Waals surface area contributed by atoms with E-state index in [0.29, 0.717) is 22.7 Å². The van der Waals surface area contributed by atoms with Gasteiger partial charge < -0.3 is 22.9 Å². The number of fused-ring (bicyclic) bond motifs is 6. The van der Waals surface area contributed by atoms with Crippen molar-refractivity contribution < 1.29 is 0 Å². The van der Waals surface area contributed by atoms with Crippen LogP contribution >= 0.6 is 0 Å². The van der Waals surface area contributed by atoms with Crippen LogP contribution in [0, 0.1) is 0 Å². The Labute approximate surface area is 513 Å². The van der Waals surface area contributed by atoms with E-state index in [1.54, 1.807) is 0 Å². The number of nitrogen functional groups attached to an aromatic ring is 4. The maximum Gasteiger partial charge on any atom is 0.0710 e. The van der Waals surface area contributed by atoms with E-state index in [9.17, 15) is 0 Å². The van der Waals surface area contributed by atoms with Gasteiger partial charge >= 0.3 is 0 Å². The molecule has 0 aliphatic carbocycles. The molecule has 0 spiro atoms. The fourth-order valence-corrected chi connectivity index (χ4v) is 11.7. The molecule has 14 aromatic rings. The monoisotopic (exact) mass is 1130 g/mol. The molecular weight excluding hydrogens is 1070 g/mol. The number of aromatic nitrogens is 2. The fraction of sp³-hybridized carbons (Fsp3) is 0.0488. The summed E-state index contributed by atoms with van der Waals surface area (Å²) in [6, 6.07) is 89.4. The second-order valence-corrected chi connectivity index (χ2v) is 22.5. The van der Waals surface area contributed by atoms with Gasteiger partial charge in [0.05, 0.1) is 44.8 Å². The highest BCUT2D eigenvalue weighted by atomic mass is 14.7. The summed E-state index contributed by atoms with van der Waals surface area (Å²) in [5, 5.41) is 9.65. The first-order chi connectivity index (χ1) is 43.2. The maximum atomic E-state index is 6.47. The van der Waals surface area contributed by atoms with Gasteiger partial charge in [-0.15, -0.1) is 0 Å². The largest absolute Gasteiger partial charge is 0.397 e. The van der Waals surface area contributed by atoms with E-state index in [4.69, 9.17) is 32.9 Å². The van der Waals surface area contributed by atoms with Crippen LogP contribution in [-0.4, -0.2) is 9.97 Å². The molecule has 0 amide bonds. The van der Waals surface area contributed by atoms with Crippen molar-refractivity contribution in [1.82, 2.24) is 9.97 Å². The molecule has 0 saturated heterocycles. The molecule has 12 aromatic carbocycles. The van der Waals surface area contributed by atoms with Crippen molar-refractivity contribution in [3.8, 4) is 22.3 Å². The first-order valence-corrected chi connectivity index (χ1v) is 30.0. The number of allylic oxidation sites excluding steroid dienone is 4. The average Bonchev–Trinajstić information content (AvgIpc) is 3.76. The molecule has 2 heterocycles. The topological polar surface area (TPSA) is 130 Å². The molecule has 0 unspecified atom stereocenters. The van der Waals surface area contributed by atoms with Gasteiger partial charge in [-0.1, -0.05) is 255 Å². The summed E-state index contributed by atoms with van der Waals surface area (Å²) in [4.78, 5) is 9.63. The molecule has 0 aliphatic rings. The molecule has 6 heteroatoms. The van der Waals surface area contributed by atoms with E-state index in [1.807, 2.05) is 36.4 Å². The Hall–Kier alpha value is -11.3. The quantitative estimate of drug-likeness (QED) is 0.0634. The minimum absolute atomic E-state index is 0.611. The molecule has 2 aromatic heterocycles. The van der Waals surface area contributed by atoms with Crippen LogP contribution in [0.5, 0.6) is 0 Å². The summed E-state index contributed by atoms with van der Waals surface area (Å²) in [5.41, 5.74) is 45.9. The highest BCUT2D eigenvalue weighted by molar-refractivity contribution is 5.96. The van der Waals surface area contributed by atoms with Gasteiger partial charge in [0.1, 0.15) is 0 Å². The summed E-state index contributed by atoms with van der Waals surface area (Å²) in [5.74, 6) is 0. The minimum atomic E-state index is 0.611. The van der Waals surface area contributed by atoms with Gasteiger partial charge in [-0.3, -0.25) is 0 Å². The molecule has 0 radical (unpaired) electrons. The third-order valence-electron chi connectivity index (χ3n) is 16.6. The second kappa shape index (κ2) is 25.5. The van der Waals surface area contributed by atoms with Crippen LogP contribution in [0.4, 0.5) is 22.7 Å². The van der Waals surface area contributed by atoms with Crippen molar-refractivity contribution in [3.63, 3.8) is 0 Å². The van der Waals surface area contributed by atoms with E-state index >= 15 is 0 Å². The standard InChI is InChI=1S/2C41H33N3/c42-40-32(22-23-33(41(40)43)15-7-13-31-12-6-11-30-9-1-3-16-37(30)31)14-5-8-28-18-20-29(21-19-28)34-24-25-39-36(26-34)27-35-10-2-4-17-38(35)44-39;42-40-31(20-21-32(41(40)43)15-6-10-29-18-19-30-11-1-2-12-33(30)25-29)14-5-8-28-9-7-16-34(24-28)35-22-23-39-37(26-35)27-36-13-3-4-17-38(36)44-39/h1-7,9-12,14-27H,8,13,42-43H2;1-7,9,11-27H,8,10,42-43H2/b14-5-,15-7-;14-5-,15-6-. The number of rotatable bonds is 14. The van der Waals surface area contributed by atoms with Crippen molar-refractivity contribution in [2.75, 3.05) is 22.9 Å². The summed E-state index contributed by atoms with van der Waals surface area (Å²) in [6.07, 6.45) is 20.1. The first kappa shape index (κ1) is 55.8. The maximum absolute atomic E-state index is 6.47. The lowest BCUT2D eigenvalue weighted by Gasteiger charge is -2.09. The summed E-state index contributed by atoms with van der Waals surface area (Å²) in [7, 11) is 0. The van der Waals surface area contributed by atoms with Gasteiger partial charge in [-0.25, -0.2) is 9.97 Å². The van der Waals surface area contributed by atoms with Gasteiger partial charge in [0.15, 0.2) is 0 Å². The Morgan fingerprint density at radius 1 is 0.250 bits per heavy atom. The van der Waals surface area contributed by atoms with Crippen LogP contribution in [0.25, 0.3) is 112 Å². The second-order valence-electron chi connectivity index (χ2n) is 22.5. The van der Waals surface area contributed by atoms with Gasteiger partial charge in [0.25, 0.3) is 0 Å². The number of benzene rings is 12. The van der Waals surface area contributed by atoms with E-state index < -0.39 is 0 Å². The average molecular weight is 1140 g/mol. The smallest absolute Gasteiger partial charge is 0.0710 e. The van der Waals surface area contributed by atoms with Crippen molar-refractivity contribution in [2.24, 2.45) is 0 Å². The van der Waals surface area contributed by atoms with Gasteiger partial charge in [-0.05, 0) is 163 Å². The first-order valence-electron chi connectivity index (χ1n) is 30.0. The normalized spacial score (nSPS) is 11.8. The number of nitrogens with zero attached hydrogens (tertiary/aromatic N) is 2. The van der Waals surface area contributed by atoms with Crippen molar-refractivity contribution in [3.05, 3.63) is 324 Å². The number of hydrogen-bond acceptors (Lipinski definition) is 6. The van der Waals surface area contributed by atoms with Gasteiger partial charge in [0.2, 0.25) is 0 Å². The Kier molecular flexibility index (Phi) is 16.2. The Bertz CT molecular complexity index is 5030. The zero-order chi connectivity index (χ0) is 59.8. The van der Waals surface area contributed by atoms with E-state index in [-0.39, 0.29) is 0 Å². The highest BCUT2D eigenvalue weighted by Gasteiger charge is 2.10. The molecule has 0 bridgehead atoms. The number of nitrogens with two attached hydrogens (primary N) is 4. The molecule has 88 heavy (non-hydrogen) atoms. The molecule has 0 fully saturated rings. The lowest BCUT2D eigenvalue weighted by Crippen LogP contribution is -1.99. The van der Waals surface area contributed by atoms with E-state index in [2.05, 4.69) is 267 Å². The van der Waals surface area contributed by atoms with Crippen LogP contribution in [0.2, 0.25) is 0 Å². The van der Waals surface area contributed by atoms with Crippen molar-refractivity contribution in [1.29, 1.82) is 0 Å². The van der Waals surface area contributed by atoms with Crippen LogP contribution in [0.3, 0.4) is 0 Å². The molecular formula is C82H66N6. The van der Waals surface area contributed by atoms with Crippen LogP contribution in [0.1, 0.15) is 44.5 Å². The molecule has 0 aliphatic heterocycles. The van der Waals surface area contributed by atoms with Crippen LogP contribution in [-0.2, 0) is 25.7 Å². The third-order valence-corrected chi connectivity index (χ3v) is 16.6. The predicted octanol–water partition coefficient (Wildman–Crippen LogP) is 19.8. The predicted molar refractivity (Wildman–Crippen MR) is 379 cm³/mol. The Morgan fingerprint density at radius 3 is 1.24 bits per heavy atom. The number of para-hydroxylation sites is 2. The van der Waals surface area contributed by atoms with Gasteiger partial charge in [0, 0.05) is 21.5 Å². The lowest BCUT2D eigenvalue weighted by atomic mass is 9.99. The van der Waals surface area contributed by atoms with Gasteiger partial charge in [-0.2, -0.15) is 0 Å². The van der Waals surface area contributed by atoms with E-state index in [0.717, 1.165) is 91.5 Å². The molecule has 14 rings (SSSR count). The molecule has 6 nitrogen and oxygen atoms in total. The lowest BCUT2D eigenvalue weighted by molar-refractivity contribution is 1.28. The number of pyridine rings is 2. The van der Waals surface area contributed by atoms with Crippen molar-refractivity contribution >= 4 is 112 Å². The summed E-state index contributed by atoms with van der Waals surface area (Å²) < 4.78 is 0. The Balaban J connectivity index is 0.000000162. The Morgan fingerprint density at radius 2 is 0.659 bits per heavy atom. The number of hydrogen-bond donors (Lipinski definition) is 4. The van der Waals surface area contributed by atoms with Crippen LogP contribution in [0.15, 0.2) is 279 Å². The molecule has 424 valence electrons. The fourth-order valence-electron chi connectivity index (χ4n) is 11.7. The summed E-state index contributed by atoms with van der Waals surface area (Å²) >= 11 is 0. The number of anilines is 4. The molecule has 0 atom stereocenters. The molecule has 8 N–H and O–H groups in total. The zero-order valence-corrected chi connectivity index (χ0v) is 48.9. The SMILES string of the molecule is Nc1c(/C=C\Cc2ccc(-c3ccc4nc5ccccc5cc4c3)cc2)ccc(/C=C\Cc2cccc3ccccc23)c1N.Nc1c(/C=C\Cc2cccc(-c3ccc4nc5ccccc5cc4c3)c2)ccc(/C=C\Cc2ccc3ccccc3c2)c1N. The zero-order valence-electron chi connectivity index (χ0n) is 48.9. The van der Waals surface area contributed by atoms with Crippen LogP contribution < -0.4 is 22.9 Å². The van der Waals surface area contributed by atoms with E-state index in [1.165, 1.54) is 66.1 Å². The summed E-state index contributed by atoms with van der Waals surface area (Å²) in [6.45, 7) is 0.